The molecule has 0 bridgehead atoms. The second-order valence-electron chi connectivity index (χ2n) is 6.17. The molecule has 6 heteroatoms. The van der Waals surface area contributed by atoms with Gasteiger partial charge in [0.2, 0.25) is 10.0 Å². The van der Waals surface area contributed by atoms with Crippen LogP contribution in [-0.4, -0.2) is 36.1 Å². The number of nitrogens with zero attached hydrogens (tertiary/aromatic N) is 3. The molecule has 0 unspecified atom stereocenters. The summed E-state index contributed by atoms with van der Waals surface area (Å²) in [5, 5.41) is 4.59. The monoisotopic (exact) mass is 369 g/mol. The molecule has 0 spiro atoms. The maximum absolute atomic E-state index is 13.1. The molecular weight excluding hydrogens is 346 g/mol. The average molecular weight is 369 g/mol. The Hall–Kier alpha value is -2.44. The molecule has 0 fully saturated rings. The average Bonchev–Trinajstić information content (AvgIpc) is 3.14. The van der Waals surface area contributed by atoms with Gasteiger partial charge in [-0.2, -0.15) is 5.10 Å². The molecule has 0 aliphatic rings. The molecule has 3 rings (SSSR count). The van der Waals surface area contributed by atoms with Gasteiger partial charge in [0.1, 0.15) is 10.6 Å². The molecular formula is C20H23N3O2S. The first-order valence-corrected chi connectivity index (χ1v) is 10.1. The molecule has 2 aromatic carbocycles. The van der Waals surface area contributed by atoms with E-state index in [0.717, 1.165) is 24.1 Å². The fourth-order valence-corrected chi connectivity index (χ4v) is 4.07. The summed E-state index contributed by atoms with van der Waals surface area (Å²) in [5.74, 6) is 0. The first-order valence-electron chi connectivity index (χ1n) is 8.71. The predicted octanol–water partition coefficient (Wildman–Crippen LogP) is 3.96. The molecule has 0 radical (unpaired) electrons. The smallest absolute Gasteiger partial charge is 0.239 e. The van der Waals surface area contributed by atoms with Crippen molar-refractivity contribution in [2.75, 3.05) is 13.6 Å². The number of rotatable bonds is 7. The Morgan fingerprint density at radius 3 is 2.23 bits per heavy atom. The van der Waals surface area contributed by atoms with E-state index < -0.39 is 10.0 Å². The molecule has 1 heterocycles. The van der Waals surface area contributed by atoms with Gasteiger partial charge in [-0.1, -0.05) is 61.9 Å². The lowest BCUT2D eigenvalue weighted by Gasteiger charge is -2.16. The van der Waals surface area contributed by atoms with Crippen LogP contribution in [0.2, 0.25) is 0 Å². The van der Waals surface area contributed by atoms with Gasteiger partial charge in [0.25, 0.3) is 0 Å². The van der Waals surface area contributed by atoms with Crippen LogP contribution in [0.5, 0.6) is 0 Å². The topological polar surface area (TPSA) is 55.2 Å². The molecule has 0 aliphatic heterocycles. The number of aromatic nitrogens is 2. The van der Waals surface area contributed by atoms with Crippen molar-refractivity contribution in [3.05, 3.63) is 66.9 Å². The van der Waals surface area contributed by atoms with Crippen LogP contribution in [0.15, 0.2) is 71.8 Å². The number of hydrogen-bond acceptors (Lipinski definition) is 3. The minimum atomic E-state index is -3.63. The summed E-state index contributed by atoms with van der Waals surface area (Å²) in [4.78, 5) is 0.228. The molecule has 136 valence electrons. The van der Waals surface area contributed by atoms with Gasteiger partial charge in [0, 0.05) is 19.2 Å². The highest BCUT2D eigenvalue weighted by Crippen LogP contribution is 2.29. The normalized spacial score (nSPS) is 11.8. The molecule has 1 aromatic heterocycles. The summed E-state index contributed by atoms with van der Waals surface area (Å²) < 4.78 is 29.3. The Bertz CT molecular complexity index is 951. The minimum Gasteiger partial charge on any atom is -0.239 e. The highest BCUT2D eigenvalue weighted by Gasteiger charge is 2.27. The van der Waals surface area contributed by atoms with Crippen molar-refractivity contribution in [3.8, 4) is 16.9 Å². The Morgan fingerprint density at radius 1 is 1.00 bits per heavy atom. The van der Waals surface area contributed by atoms with Gasteiger partial charge < -0.3 is 0 Å². The first kappa shape index (κ1) is 18.4. The Labute approximate surface area is 154 Å². The lowest BCUT2D eigenvalue weighted by atomic mass is 10.2. The second kappa shape index (κ2) is 7.85. The Morgan fingerprint density at radius 2 is 1.62 bits per heavy atom. The molecule has 0 amide bonds. The summed E-state index contributed by atoms with van der Waals surface area (Å²) in [6.07, 6.45) is 3.37. The van der Waals surface area contributed by atoms with Crippen LogP contribution < -0.4 is 0 Å². The summed E-state index contributed by atoms with van der Waals surface area (Å²) >= 11 is 0. The zero-order valence-corrected chi connectivity index (χ0v) is 15.9. The summed E-state index contributed by atoms with van der Waals surface area (Å²) in [5.41, 5.74) is 2.07. The van der Waals surface area contributed by atoms with E-state index in [1.54, 1.807) is 17.9 Å². The zero-order valence-electron chi connectivity index (χ0n) is 15.0. The van der Waals surface area contributed by atoms with Crippen LogP contribution in [0.25, 0.3) is 16.9 Å². The highest BCUT2D eigenvalue weighted by molar-refractivity contribution is 7.89. The van der Waals surface area contributed by atoms with Crippen LogP contribution in [0.4, 0.5) is 0 Å². The van der Waals surface area contributed by atoms with Crippen molar-refractivity contribution in [1.29, 1.82) is 0 Å². The van der Waals surface area contributed by atoms with E-state index in [-0.39, 0.29) is 4.90 Å². The third-order valence-electron chi connectivity index (χ3n) is 4.26. The molecule has 0 aliphatic carbocycles. The van der Waals surface area contributed by atoms with E-state index >= 15 is 0 Å². The van der Waals surface area contributed by atoms with Gasteiger partial charge in [-0.15, -0.1) is 0 Å². The molecule has 3 aromatic rings. The number of benzene rings is 2. The summed E-state index contributed by atoms with van der Waals surface area (Å²) in [6.45, 7) is 2.53. The van der Waals surface area contributed by atoms with E-state index in [1.165, 1.54) is 4.31 Å². The largest absolute Gasteiger partial charge is 0.246 e. The fourth-order valence-electron chi connectivity index (χ4n) is 2.72. The number of para-hydroxylation sites is 1. The Kier molecular flexibility index (Phi) is 5.54. The van der Waals surface area contributed by atoms with E-state index in [1.807, 2.05) is 67.6 Å². The van der Waals surface area contributed by atoms with Crippen molar-refractivity contribution >= 4 is 10.0 Å². The molecule has 26 heavy (non-hydrogen) atoms. The van der Waals surface area contributed by atoms with Crippen LogP contribution in [0.3, 0.4) is 0 Å². The third kappa shape index (κ3) is 3.71. The summed E-state index contributed by atoms with van der Waals surface area (Å²) in [6, 6.07) is 19.0. The lowest BCUT2D eigenvalue weighted by Crippen LogP contribution is -2.28. The van der Waals surface area contributed by atoms with Gasteiger partial charge >= 0.3 is 0 Å². The zero-order chi connectivity index (χ0) is 18.6. The third-order valence-corrected chi connectivity index (χ3v) is 6.12. The standard InChI is InChI=1S/C20H23N3O2S/c1-3-4-15-22(2)26(24,25)19-16-23(18-13-9-6-10-14-18)21-20(19)17-11-7-5-8-12-17/h5-14,16H,3-4,15H2,1-2H3. The number of hydrogen-bond donors (Lipinski definition) is 0. The molecule has 0 saturated carbocycles. The lowest BCUT2D eigenvalue weighted by molar-refractivity contribution is 0.459. The molecule has 0 atom stereocenters. The van der Waals surface area contributed by atoms with Crippen LogP contribution in [-0.2, 0) is 10.0 Å². The highest BCUT2D eigenvalue weighted by atomic mass is 32.2. The summed E-state index contributed by atoms with van der Waals surface area (Å²) in [7, 11) is -2.00. The molecule has 5 nitrogen and oxygen atoms in total. The van der Waals surface area contributed by atoms with Crippen molar-refractivity contribution in [3.63, 3.8) is 0 Å². The van der Waals surface area contributed by atoms with E-state index in [9.17, 15) is 8.42 Å². The van der Waals surface area contributed by atoms with Crippen molar-refractivity contribution in [1.82, 2.24) is 14.1 Å². The number of sulfonamides is 1. The van der Waals surface area contributed by atoms with E-state index in [4.69, 9.17) is 0 Å². The minimum absolute atomic E-state index is 0.228. The van der Waals surface area contributed by atoms with E-state index in [0.29, 0.717) is 12.2 Å². The Balaban J connectivity index is 2.12. The number of unbranched alkanes of at least 4 members (excludes halogenated alkanes) is 1. The van der Waals surface area contributed by atoms with Gasteiger partial charge in [0.15, 0.2) is 0 Å². The maximum Gasteiger partial charge on any atom is 0.246 e. The molecule has 0 saturated heterocycles. The predicted molar refractivity (Wildman–Crippen MR) is 104 cm³/mol. The molecule has 0 N–H and O–H groups in total. The van der Waals surface area contributed by atoms with Crippen molar-refractivity contribution in [2.45, 2.75) is 24.7 Å². The van der Waals surface area contributed by atoms with Gasteiger partial charge in [0.05, 0.1) is 11.9 Å². The second-order valence-corrected chi connectivity index (χ2v) is 8.18. The van der Waals surface area contributed by atoms with E-state index in [2.05, 4.69) is 5.10 Å². The van der Waals surface area contributed by atoms with Crippen LogP contribution in [0.1, 0.15) is 19.8 Å². The SMILES string of the molecule is CCCCN(C)S(=O)(=O)c1cn(-c2ccccc2)nc1-c1ccccc1. The van der Waals surface area contributed by atoms with Crippen molar-refractivity contribution < 1.29 is 8.42 Å². The van der Waals surface area contributed by atoms with Crippen LogP contribution in [0, 0.1) is 0 Å². The maximum atomic E-state index is 13.1. The van der Waals surface area contributed by atoms with Gasteiger partial charge in [-0.05, 0) is 18.6 Å². The van der Waals surface area contributed by atoms with Gasteiger partial charge in [-0.25, -0.2) is 17.4 Å². The fraction of sp³-hybridized carbons (Fsp3) is 0.250. The van der Waals surface area contributed by atoms with Crippen LogP contribution >= 0.6 is 0 Å². The first-order chi connectivity index (χ1) is 12.5. The van der Waals surface area contributed by atoms with Gasteiger partial charge in [-0.3, -0.25) is 0 Å². The quantitative estimate of drug-likeness (QED) is 0.633. The van der Waals surface area contributed by atoms with Crippen molar-refractivity contribution in [2.24, 2.45) is 0 Å².